The van der Waals surface area contributed by atoms with Crippen LogP contribution in [0.2, 0.25) is 0 Å². The molecule has 0 saturated carbocycles. The van der Waals surface area contributed by atoms with Gasteiger partial charge in [0.1, 0.15) is 5.82 Å². The molecule has 0 aliphatic rings. The number of nitrogens with one attached hydrogen (secondary N) is 1. The zero-order valence-corrected chi connectivity index (χ0v) is 11.9. The lowest BCUT2D eigenvalue weighted by molar-refractivity contribution is 0.509. The summed E-state index contributed by atoms with van der Waals surface area (Å²) in [5.41, 5.74) is 2.35. The van der Waals surface area contributed by atoms with E-state index in [9.17, 15) is 0 Å². The summed E-state index contributed by atoms with van der Waals surface area (Å²) >= 11 is 0. The fourth-order valence-corrected chi connectivity index (χ4v) is 2.38. The molecule has 0 aliphatic heterocycles. The molecule has 2 heterocycles. The molecule has 0 radical (unpaired) electrons. The largest absolute Gasteiger partial charge is 0.335 e. The predicted octanol–water partition coefficient (Wildman–Crippen LogP) is 2.50. The van der Waals surface area contributed by atoms with Gasteiger partial charge in [0.15, 0.2) is 0 Å². The number of hydrogen-bond donors (Lipinski definition) is 1. The Morgan fingerprint density at radius 3 is 2.79 bits per heavy atom. The molecule has 19 heavy (non-hydrogen) atoms. The standard InChI is InChI=1S/C15H22N4/c1-4-16-13(15-12(3)7-6-8-18-15)11-14-17-9-10-19(14)5-2/h6-10,13,16H,4-5,11H2,1-3H3. The summed E-state index contributed by atoms with van der Waals surface area (Å²) in [6.45, 7) is 8.25. The molecule has 2 aromatic rings. The van der Waals surface area contributed by atoms with E-state index in [2.05, 4.69) is 46.7 Å². The van der Waals surface area contributed by atoms with E-state index in [1.165, 1.54) is 5.56 Å². The molecule has 0 aromatic carbocycles. The lowest BCUT2D eigenvalue weighted by Crippen LogP contribution is -2.26. The maximum absolute atomic E-state index is 4.53. The number of aryl methyl sites for hydroxylation is 2. The maximum atomic E-state index is 4.53. The average molecular weight is 258 g/mol. The molecule has 0 amide bonds. The zero-order valence-electron chi connectivity index (χ0n) is 11.9. The number of nitrogens with zero attached hydrogens (tertiary/aromatic N) is 3. The first-order valence-corrected chi connectivity index (χ1v) is 6.91. The van der Waals surface area contributed by atoms with Crippen LogP contribution in [0.1, 0.15) is 37.0 Å². The minimum Gasteiger partial charge on any atom is -0.335 e. The van der Waals surface area contributed by atoms with E-state index in [1.54, 1.807) is 0 Å². The van der Waals surface area contributed by atoms with Crippen molar-refractivity contribution >= 4 is 0 Å². The number of aromatic nitrogens is 3. The lowest BCUT2D eigenvalue weighted by Gasteiger charge is -2.19. The molecule has 2 aromatic heterocycles. The van der Waals surface area contributed by atoms with Gasteiger partial charge in [-0.25, -0.2) is 4.98 Å². The molecule has 102 valence electrons. The third-order valence-electron chi connectivity index (χ3n) is 3.36. The smallest absolute Gasteiger partial charge is 0.110 e. The monoisotopic (exact) mass is 258 g/mol. The molecular formula is C15H22N4. The second-order valence-electron chi connectivity index (χ2n) is 4.65. The summed E-state index contributed by atoms with van der Waals surface area (Å²) < 4.78 is 2.18. The molecule has 0 spiro atoms. The Kier molecular flexibility index (Phi) is 4.68. The van der Waals surface area contributed by atoms with Crippen LogP contribution in [-0.2, 0) is 13.0 Å². The van der Waals surface area contributed by atoms with Crippen LogP contribution in [0, 0.1) is 6.92 Å². The van der Waals surface area contributed by atoms with Crippen LogP contribution in [0.3, 0.4) is 0 Å². The van der Waals surface area contributed by atoms with Crippen LogP contribution < -0.4 is 5.32 Å². The minimum atomic E-state index is 0.221. The third kappa shape index (κ3) is 3.20. The van der Waals surface area contributed by atoms with E-state index in [-0.39, 0.29) is 6.04 Å². The van der Waals surface area contributed by atoms with Crippen molar-refractivity contribution in [3.05, 3.63) is 47.8 Å². The Balaban J connectivity index is 2.24. The van der Waals surface area contributed by atoms with Crippen molar-refractivity contribution in [2.24, 2.45) is 0 Å². The Hall–Kier alpha value is -1.68. The van der Waals surface area contributed by atoms with Crippen molar-refractivity contribution in [3.8, 4) is 0 Å². The van der Waals surface area contributed by atoms with Crippen LogP contribution in [0.4, 0.5) is 0 Å². The number of likely N-dealkylation sites (N-methyl/N-ethyl adjacent to an activating group) is 1. The van der Waals surface area contributed by atoms with Crippen LogP contribution in [0.15, 0.2) is 30.7 Å². The lowest BCUT2D eigenvalue weighted by atomic mass is 10.0. The highest BCUT2D eigenvalue weighted by molar-refractivity contribution is 5.22. The van der Waals surface area contributed by atoms with Gasteiger partial charge in [-0.05, 0) is 32.0 Å². The average Bonchev–Trinajstić information content (AvgIpc) is 2.86. The molecule has 1 atom stereocenters. The molecule has 0 aliphatic carbocycles. The Morgan fingerprint density at radius 1 is 1.26 bits per heavy atom. The Bertz CT molecular complexity index is 518. The van der Waals surface area contributed by atoms with Gasteiger partial charge in [-0.15, -0.1) is 0 Å². The van der Waals surface area contributed by atoms with Gasteiger partial charge >= 0.3 is 0 Å². The molecule has 2 rings (SSSR count). The van der Waals surface area contributed by atoms with Crippen LogP contribution in [-0.4, -0.2) is 21.1 Å². The molecule has 1 N–H and O–H groups in total. The van der Waals surface area contributed by atoms with Crippen molar-refractivity contribution in [2.45, 2.75) is 39.8 Å². The normalized spacial score (nSPS) is 12.6. The van der Waals surface area contributed by atoms with Crippen molar-refractivity contribution in [2.75, 3.05) is 6.54 Å². The fraction of sp³-hybridized carbons (Fsp3) is 0.467. The van der Waals surface area contributed by atoms with Gasteiger partial charge < -0.3 is 9.88 Å². The first-order chi connectivity index (χ1) is 9.26. The van der Waals surface area contributed by atoms with Gasteiger partial charge in [0.2, 0.25) is 0 Å². The molecule has 0 bridgehead atoms. The highest BCUT2D eigenvalue weighted by atomic mass is 15.1. The fourth-order valence-electron chi connectivity index (χ4n) is 2.38. The Labute approximate surface area is 114 Å². The maximum Gasteiger partial charge on any atom is 0.110 e. The molecule has 1 unspecified atom stereocenters. The molecule has 0 saturated heterocycles. The van der Waals surface area contributed by atoms with Gasteiger partial charge in [-0.2, -0.15) is 0 Å². The highest BCUT2D eigenvalue weighted by Gasteiger charge is 2.17. The van der Waals surface area contributed by atoms with Crippen molar-refractivity contribution in [1.29, 1.82) is 0 Å². The van der Waals surface area contributed by atoms with Gasteiger partial charge in [0.05, 0.1) is 11.7 Å². The zero-order chi connectivity index (χ0) is 13.7. The van der Waals surface area contributed by atoms with Crippen LogP contribution >= 0.6 is 0 Å². The summed E-state index contributed by atoms with van der Waals surface area (Å²) in [6.07, 6.45) is 6.63. The number of rotatable bonds is 6. The molecular weight excluding hydrogens is 236 g/mol. The van der Waals surface area contributed by atoms with Crippen molar-refractivity contribution in [3.63, 3.8) is 0 Å². The topological polar surface area (TPSA) is 42.7 Å². The SMILES string of the molecule is CCNC(Cc1nccn1CC)c1ncccc1C. The summed E-state index contributed by atoms with van der Waals surface area (Å²) in [7, 11) is 0. The number of hydrogen-bond acceptors (Lipinski definition) is 3. The van der Waals surface area contributed by atoms with Crippen molar-refractivity contribution < 1.29 is 0 Å². The Morgan fingerprint density at radius 2 is 2.11 bits per heavy atom. The van der Waals surface area contributed by atoms with Gasteiger partial charge in [-0.1, -0.05) is 13.0 Å². The van der Waals surface area contributed by atoms with Crippen molar-refractivity contribution in [1.82, 2.24) is 19.9 Å². The number of pyridine rings is 1. The molecule has 4 nitrogen and oxygen atoms in total. The first-order valence-electron chi connectivity index (χ1n) is 6.91. The van der Waals surface area contributed by atoms with Gasteiger partial charge in [0.25, 0.3) is 0 Å². The van der Waals surface area contributed by atoms with Gasteiger partial charge in [-0.3, -0.25) is 4.98 Å². The summed E-state index contributed by atoms with van der Waals surface area (Å²) in [5, 5.41) is 3.51. The van der Waals surface area contributed by atoms with E-state index < -0.39 is 0 Å². The van der Waals surface area contributed by atoms with E-state index in [0.717, 1.165) is 31.0 Å². The quantitative estimate of drug-likeness (QED) is 0.865. The molecule has 0 fully saturated rings. The predicted molar refractivity (Wildman–Crippen MR) is 77.0 cm³/mol. The van der Waals surface area contributed by atoms with Crippen LogP contribution in [0.25, 0.3) is 0 Å². The summed E-state index contributed by atoms with van der Waals surface area (Å²) in [6, 6.07) is 4.31. The van der Waals surface area contributed by atoms with E-state index >= 15 is 0 Å². The second-order valence-corrected chi connectivity index (χ2v) is 4.65. The highest BCUT2D eigenvalue weighted by Crippen LogP contribution is 2.18. The molecule has 4 heteroatoms. The van der Waals surface area contributed by atoms with E-state index in [4.69, 9.17) is 0 Å². The van der Waals surface area contributed by atoms with E-state index in [1.807, 2.05) is 24.7 Å². The summed E-state index contributed by atoms with van der Waals surface area (Å²) in [5.74, 6) is 1.11. The van der Waals surface area contributed by atoms with Gasteiger partial charge in [0, 0.05) is 31.6 Å². The number of imidazole rings is 1. The third-order valence-corrected chi connectivity index (χ3v) is 3.36. The van der Waals surface area contributed by atoms with Crippen LogP contribution in [0.5, 0.6) is 0 Å². The first kappa shape index (κ1) is 13.7. The minimum absolute atomic E-state index is 0.221. The second kappa shape index (κ2) is 6.48. The summed E-state index contributed by atoms with van der Waals surface area (Å²) in [4.78, 5) is 8.99. The van der Waals surface area contributed by atoms with E-state index in [0.29, 0.717) is 0 Å².